The van der Waals surface area contributed by atoms with Gasteiger partial charge in [0.2, 0.25) is 5.91 Å². The van der Waals surface area contributed by atoms with Crippen molar-refractivity contribution in [2.45, 2.75) is 25.7 Å². The maximum absolute atomic E-state index is 13.0. The van der Waals surface area contributed by atoms with E-state index in [1.165, 1.54) is 19.4 Å². The third kappa shape index (κ3) is 3.29. The maximum Gasteiger partial charge on any atom is 0.229 e. The summed E-state index contributed by atoms with van der Waals surface area (Å²) in [4.78, 5) is 15.5. The lowest BCUT2D eigenvalue weighted by atomic mass is 9.71. The Morgan fingerprint density at radius 1 is 1.22 bits per heavy atom. The normalized spacial score (nSPS) is 27.2. The predicted molar refractivity (Wildman–Crippen MR) is 90.2 cm³/mol. The van der Waals surface area contributed by atoms with Crippen LogP contribution in [0.5, 0.6) is 0 Å². The molecule has 2 saturated heterocycles. The molecule has 3 fully saturated rings. The SMILES string of the molecule is O=C(Nc1ccccc1)[C@H]1CN(CC2CC2)CC12CCOCC2. The lowest BCUT2D eigenvalue weighted by Crippen LogP contribution is -2.42. The van der Waals surface area contributed by atoms with Crippen LogP contribution in [-0.2, 0) is 9.53 Å². The lowest BCUT2D eigenvalue weighted by molar-refractivity contribution is -0.124. The maximum atomic E-state index is 13.0. The molecule has 4 nitrogen and oxygen atoms in total. The van der Waals surface area contributed by atoms with E-state index in [-0.39, 0.29) is 17.2 Å². The fourth-order valence-corrected chi connectivity index (χ4v) is 4.27. The highest BCUT2D eigenvalue weighted by Crippen LogP contribution is 2.46. The van der Waals surface area contributed by atoms with Crippen LogP contribution in [0.2, 0.25) is 0 Å². The average molecular weight is 314 g/mol. The first-order valence-electron chi connectivity index (χ1n) is 8.91. The second-order valence-corrected chi connectivity index (χ2v) is 7.52. The lowest BCUT2D eigenvalue weighted by Gasteiger charge is -2.37. The number of rotatable bonds is 4. The van der Waals surface area contributed by atoms with Crippen molar-refractivity contribution in [3.05, 3.63) is 30.3 Å². The zero-order chi connectivity index (χ0) is 15.7. The van der Waals surface area contributed by atoms with Gasteiger partial charge in [-0.2, -0.15) is 0 Å². The van der Waals surface area contributed by atoms with Crippen LogP contribution in [0.4, 0.5) is 5.69 Å². The van der Waals surface area contributed by atoms with E-state index in [4.69, 9.17) is 4.74 Å². The molecule has 23 heavy (non-hydrogen) atoms. The third-order valence-corrected chi connectivity index (χ3v) is 5.78. The average Bonchev–Trinajstić information content (AvgIpc) is 3.31. The highest BCUT2D eigenvalue weighted by molar-refractivity contribution is 5.93. The Morgan fingerprint density at radius 2 is 1.96 bits per heavy atom. The van der Waals surface area contributed by atoms with Gasteiger partial charge in [-0.3, -0.25) is 4.79 Å². The van der Waals surface area contributed by atoms with Gasteiger partial charge >= 0.3 is 0 Å². The summed E-state index contributed by atoms with van der Waals surface area (Å²) in [5.41, 5.74) is 1.02. The van der Waals surface area contributed by atoms with E-state index >= 15 is 0 Å². The summed E-state index contributed by atoms with van der Waals surface area (Å²) >= 11 is 0. The minimum absolute atomic E-state index is 0.0883. The second kappa shape index (κ2) is 6.25. The number of hydrogen-bond donors (Lipinski definition) is 1. The number of anilines is 1. The minimum Gasteiger partial charge on any atom is -0.381 e. The highest BCUT2D eigenvalue weighted by Gasteiger charge is 2.51. The van der Waals surface area contributed by atoms with E-state index in [1.54, 1.807) is 0 Å². The number of hydrogen-bond acceptors (Lipinski definition) is 3. The van der Waals surface area contributed by atoms with Crippen molar-refractivity contribution in [2.75, 3.05) is 38.2 Å². The zero-order valence-corrected chi connectivity index (χ0v) is 13.7. The molecule has 1 aromatic carbocycles. The van der Waals surface area contributed by atoms with Crippen molar-refractivity contribution in [3.63, 3.8) is 0 Å². The summed E-state index contributed by atoms with van der Waals surface area (Å²) in [5, 5.41) is 3.14. The van der Waals surface area contributed by atoms with Crippen molar-refractivity contribution in [1.82, 2.24) is 4.90 Å². The van der Waals surface area contributed by atoms with Crippen molar-refractivity contribution in [3.8, 4) is 0 Å². The molecule has 4 rings (SSSR count). The summed E-state index contributed by atoms with van der Waals surface area (Å²) in [6, 6.07) is 9.83. The number of nitrogens with one attached hydrogen (secondary N) is 1. The molecule has 1 N–H and O–H groups in total. The Bertz CT molecular complexity index is 550. The van der Waals surface area contributed by atoms with Crippen LogP contribution >= 0.6 is 0 Å². The molecule has 0 unspecified atom stereocenters. The van der Waals surface area contributed by atoms with Gasteiger partial charge in [0.05, 0.1) is 5.92 Å². The molecule has 1 spiro atoms. The Morgan fingerprint density at radius 3 is 2.65 bits per heavy atom. The molecule has 0 bridgehead atoms. The van der Waals surface area contributed by atoms with Gasteiger partial charge in [0.15, 0.2) is 0 Å². The number of benzene rings is 1. The summed E-state index contributed by atoms with van der Waals surface area (Å²) in [7, 11) is 0. The number of carbonyl (C=O) groups excluding carboxylic acids is 1. The molecular formula is C19H26N2O2. The standard InChI is InChI=1S/C19H26N2O2/c22-18(20-16-4-2-1-3-5-16)17-13-21(12-15-6-7-15)14-19(17)8-10-23-11-9-19/h1-5,15,17H,6-14H2,(H,20,22)/t17-/m1/s1. The molecule has 1 saturated carbocycles. The summed E-state index contributed by atoms with van der Waals surface area (Å²) in [6.07, 6.45) is 4.77. The Kier molecular flexibility index (Phi) is 4.12. The molecule has 2 heterocycles. The van der Waals surface area contributed by atoms with Gasteiger partial charge in [-0.25, -0.2) is 0 Å². The molecule has 4 heteroatoms. The molecular weight excluding hydrogens is 288 g/mol. The van der Waals surface area contributed by atoms with Crippen molar-refractivity contribution < 1.29 is 9.53 Å². The molecule has 1 aliphatic carbocycles. The number of ether oxygens (including phenoxy) is 1. The van der Waals surface area contributed by atoms with E-state index in [1.807, 2.05) is 30.3 Å². The monoisotopic (exact) mass is 314 g/mol. The number of para-hydroxylation sites is 1. The summed E-state index contributed by atoms with van der Waals surface area (Å²) < 4.78 is 5.58. The van der Waals surface area contributed by atoms with Gasteiger partial charge in [-0.05, 0) is 43.7 Å². The smallest absolute Gasteiger partial charge is 0.229 e. The zero-order valence-electron chi connectivity index (χ0n) is 13.7. The fraction of sp³-hybridized carbons (Fsp3) is 0.632. The topological polar surface area (TPSA) is 41.6 Å². The van der Waals surface area contributed by atoms with E-state index < -0.39 is 0 Å². The van der Waals surface area contributed by atoms with Gasteiger partial charge in [-0.1, -0.05) is 18.2 Å². The third-order valence-electron chi connectivity index (χ3n) is 5.78. The minimum atomic E-state index is 0.0883. The molecule has 3 aliphatic rings. The van der Waals surface area contributed by atoms with Crippen LogP contribution in [0.15, 0.2) is 30.3 Å². The van der Waals surface area contributed by atoms with Gasteiger partial charge in [0, 0.05) is 44.0 Å². The molecule has 0 radical (unpaired) electrons. The van der Waals surface area contributed by atoms with Crippen LogP contribution in [0.3, 0.4) is 0 Å². The van der Waals surface area contributed by atoms with Crippen LogP contribution in [0, 0.1) is 17.3 Å². The Balaban J connectivity index is 1.49. The van der Waals surface area contributed by atoms with Gasteiger partial charge in [-0.15, -0.1) is 0 Å². The molecule has 1 amide bonds. The van der Waals surface area contributed by atoms with Gasteiger partial charge < -0.3 is 15.0 Å². The molecule has 1 atom stereocenters. The number of amides is 1. The highest BCUT2D eigenvalue weighted by atomic mass is 16.5. The van der Waals surface area contributed by atoms with Crippen molar-refractivity contribution in [2.24, 2.45) is 17.3 Å². The number of carbonyl (C=O) groups is 1. The van der Waals surface area contributed by atoms with E-state index in [0.717, 1.165) is 50.8 Å². The molecule has 0 aromatic heterocycles. The van der Waals surface area contributed by atoms with Crippen LogP contribution < -0.4 is 5.32 Å². The van der Waals surface area contributed by atoms with Crippen LogP contribution in [0.25, 0.3) is 0 Å². The first-order valence-corrected chi connectivity index (χ1v) is 8.91. The van der Waals surface area contributed by atoms with Crippen molar-refractivity contribution >= 4 is 11.6 Å². The van der Waals surface area contributed by atoms with Gasteiger partial charge in [0.25, 0.3) is 0 Å². The van der Waals surface area contributed by atoms with E-state index in [2.05, 4.69) is 10.2 Å². The molecule has 1 aromatic rings. The summed E-state index contributed by atoms with van der Waals surface area (Å²) in [5.74, 6) is 1.16. The Labute approximate surface area is 138 Å². The first-order chi connectivity index (χ1) is 11.3. The van der Waals surface area contributed by atoms with E-state index in [9.17, 15) is 4.79 Å². The largest absolute Gasteiger partial charge is 0.381 e. The van der Waals surface area contributed by atoms with Crippen LogP contribution in [0.1, 0.15) is 25.7 Å². The van der Waals surface area contributed by atoms with Crippen molar-refractivity contribution in [1.29, 1.82) is 0 Å². The first kappa shape index (κ1) is 15.2. The quantitative estimate of drug-likeness (QED) is 0.929. The fourth-order valence-electron chi connectivity index (χ4n) is 4.27. The van der Waals surface area contributed by atoms with Gasteiger partial charge in [0.1, 0.15) is 0 Å². The number of likely N-dealkylation sites (tertiary alicyclic amines) is 1. The summed E-state index contributed by atoms with van der Waals surface area (Å²) in [6.45, 7) is 4.76. The molecule has 124 valence electrons. The predicted octanol–water partition coefficient (Wildman–Crippen LogP) is 2.76. The van der Waals surface area contributed by atoms with Crippen LogP contribution in [-0.4, -0.2) is 43.7 Å². The molecule has 2 aliphatic heterocycles. The van der Waals surface area contributed by atoms with E-state index in [0.29, 0.717) is 0 Å². The number of nitrogens with zero attached hydrogens (tertiary/aromatic N) is 1. The Hall–Kier alpha value is -1.39. The second-order valence-electron chi connectivity index (χ2n) is 7.52.